The Balaban J connectivity index is 1.50. The number of amides is 2. The van der Waals surface area contributed by atoms with Gasteiger partial charge < -0.3 is 10.3 Å². The molecule has 3 heterocycles. The molecular weight excluding hydrogens is 320 g/mol. The molecule has 124 valence electrons. The zero-order valence-corrected chi connectivity index (χ0v) is 13.4. The molecule has 0 saturated carbocycles. The topological polar surface area (TPSA) is 120 Å². The molecule has 2 amide bonds. The summed E-state index contributed by atoms with van der Waals surface area (Å²) in [7, 11) is -3.15. The van der Waals surface area contributed by atoms with E-state index in [-0.39, 0.29) is 11.9 Å². The molecule has 3 rings (SSSR count). The van der Waals surface area contributed by atoms with Gasteiger partial charge in [0.05, 0.1) is 12.5 Å². The third kappa shape index (κ3) is 3.77. The van der Waals surface area contributed by atoms with Crippen molar-refractivity contribution in [3.63, 3.8) is 0 Å². The van der Waals surface area contributed by atoms with Gasteiger partial charge in [-0.2, -0.15) is 0 Å². The van der Waals surface area contributed by atoms with Crippen molar-refractivity contribution in [3.8, 4) is 0 Å². The second-order valence-electron chi connectivity index (χ2n) is 5.58. The number of carbonyl (C=O) groups excluding carboxylic acids is 1. The van der Waals surface area contributed by atoms with Crippen LogP contribution in [0, 0.1) is 5.92 Å². The molecule has 0 aromatic carbocycles. The highest BCUT2D eigenvalue weighted by Gasteiger charge is 2.28. The first-order chi connectivity index (χ1) is 10.9. The molecule has 1 unspecified atom stereocenters. The Morgan fingerprint density at radius 3 is 3.09 bits per heavy atom. The molecule has 0 spiro atoms. The van der Waals surface area contributed by atoms with Gasteiger partial charge in [-0.3, -0.25) is 5.32 Å². The van der Waals surface area contributed by atoms with Crippen LogP contribution < -0.4 is 10.6 Å². The molecule has 1 aliphatic heterocycles. The van der Waals surface area contributed by atoms with Crippen LogP contribution in [0.1, 0.15) is 6.42 Å². The second-order valence-corrected chi connectivity index (χ2v) is 7.56. The van der Waals surface area contributed by atoms with Crippen LogP contribution in [0.2, 0.25) is 0 Å². The number of anilines is 1. The summed E-state index contributed by atoms with van der Waals surface area (Å²) >= 11 is 0. The summed E-state index contributed by atoms with van der Waals surface area (Å²) in [6, 6.07) is 1.39. The molecule has 1 saturated heterocycles. The molecule has 9 nitrogen and oxygen atoms in total. The first-order valence-corrected chi connectivity index (χ1v) is 9.07. The molecule has 2 aromatic rings. The fraction of sp³-hybridized carbons (Fsp3) is 0.462. The lowest BCUT2D eigenvalue weighted by molar-refractivity contribution is 0.250. The van der Waals surface area contributed by atoms with Gasteiger partial charge in [0, 0.05) is 25.8 Å². The maximum atomic E-state index is 11.9. The van der Waals surface area contributed by atoms with Crippen molar-refractivity contribution in [2.75, 3.05) is 31.2 Å². The zero-order valence-electron chi connectivity index (χ0n) is 12.6. The van der Waals surface area contributed by atoms with E-state index < -0.39 is 10.0 Å². The van der Waals surface area contributed by atoms with Gasteiger partial charge in [-0.1, -0.05) is 0 Å². The standard InChI is InChI=1S/C13H18N6O3S/c1-23(21,22)19-5-3-9(8-19)6-16-13(20)18-11-7-15-12-10(17-11)2-4-14-12/h2,4,7,9H,3,5-6,8H2,1H3,(H,14,15)(H2,16,17,18,20). The number of H-pyrrole nitrogens is 1. The van der Waals surface area contributed by atoms with Gasteiger partial charge in [-0.25, -0.2) is 27.5 Å². The average Bonchev–Trinajstić information content (AvgIpc) is 3.13. The molecule has 1 aliphatic rings. The van der Waals surface area contributed by atoms with Crippen molar-refractivity contribution in [3.05, 3.63) is 18.5 Å². The van der Waals surface area contributed by atoms with Crippen LogP contribution in [-0.2, 0) is 10.0 Å². The Kier molecular flexibility index (Phi) is 4.18. The molecule has 3 N–H and O–H groups in total. The lowest BCUT2D eigenvalue weighted by atomic mass is 10.1. The quantitative estimate of drug-likeness (QED) is 0.743. The highest BCUT2D eigenvalue weighted by Crippen LogP contribution is 2.18. The van der Waals surface area contributed by atoms with Gasteiger partial charge in [-0.15, -0.1) is 0 Å². The predicted molar refractivity (Wildman–Crippen MR) is 85.4 cm³/mol. The van der Waals surface area contributed by atoms with Crippen LogP contribution in [0.15, 0.2) is 18.5 Å². The fourth-order valence-corrected chi connectivity index (χ4v) is 3.47. The summed E-state index contributed by atoms with van der Waals surface area (Å²) in [5.74, 6) is 0.479. The van der Waals surface area contributed by atoms with Gasteiger partial charge >= 0.3 is 6.03 Å². The van der Waals surface area contributed by atoms with Gasteiger partial charge in [0.15, 0.2) is 11.5 Å². The predicted octanol–water partition coefficient (Wildman–Crippen LogP) is 0.361. The number of aromatic amines is 1. The summed E-state index contributed by atoms with van der Waals surface area (Å²) in [5.41, 5.74) is 1.32. The largest absolute Gasteiger partial charge is 0.345 e. The van der Waals surface area contributed by atoms with E-state index in [9.17, 15) is 13.2 Å². The summed E-state index contributed by atoms with van der Waals surface area (Å²) in [6.45, 7) is 1.36. The van der Waals surface area contributed by atoms with Crippen molar-refractivity contribution >= 4 is 33.0 Å². The Morgan fingerprint density at radius 2 is 2.35 bits per heavy atom. The van der Waals surface area contributed by atoms with E-state index in [4.69, 9.17) is 0 Å². The van der Waals surface area contributed by atoms with E-state index in [0.717, 1.165) is 6.42 Å². The van der Waals surface area contributed by atoms with Crippen molar-refractivity contribution in [2.24, 2.45) is 5.92 Å². The molecule has 0 radical (unpaired) electrons. The van der Waals surface area contributed by atoms with Gasteiger partial charge in [0.2, 0.25) is 10.0 Å². The number of fused-ring (bicyclic) bond motifs is 1. The molecule has 0 bridgehead atoms. The second kappa shape index (κ2) is 6.13. The third-order valence-electron chi connectivity index (χ3n) is 3.77. The summed E-state index contributed by atoms with van der Waals surface area (Å²) in [6.07, 6.45) is 5.13. The highest BCUT2D eigenvalue weighted by atomic mass is 32.2. The fourth-order valence-electron chi connectivity index (χ4n) is 2.55. The Hall–Kier alpha value is -2.20. The van der Waals surface area contributed by atoms with Gasteiger partial charge in [-0.05, 0) is 18.4 Å². The van der Waals surface area contributed by atoms with E-state index in [1.165, 1.54) is 16.8 Å². The average molecular weight is 338 g/mol. The Bertz CT molecular complexity index is 818. The van der Waals surface area contributed by atoms with Crippen molar-refractivity contribution < 1.29 is 13.2 Å². The van der Waals surface area contributed by atoms with E-state index in [2.05, 4.69) is 25.6 Å². The number of nitrogens with zero attached hydrogens (tertiary/aromatic N) is 3. The van der Waals surface area contributed by atoms with Crippen LogP contribution in [-0.4, -0.2) is 59.6 Å². The normalized spacial score (nSPS) is 19.1. The Morgan fingerprint density at radius 1 is 1.52 bits per heavy atom. The number of rotatable bonds is 4. The highest BCUT2D eigenvalue weighted by molar-refractivity contribution is 7.88. The van der Waals surface area contributed by atoms with Crippen LogP contribution in [0.25, 0.3) is 11.2 Å². The van der Waals surface area contributed by atoms with Crippen molar-refractivity contribution in [2.45, 2.75) is 6.42 Å². The summed E-state index contributed by atoms with van der Waals surface area (Å²) in [4.78, 5) is 23.2. The number of nitrogens with one attached hydrogen (secondary N) is 3. The lowest BCUT2D eigenvalue weighted by Crippen LogP contribution is -2.35. The van der Waals surface area contributed by atoms with Crippen LogP contribution in [0.4, 0.5) is 10.6 Å². The number of hydrogen-bond donors (Lipinski definition) is 3. The minimum absolute atomic E-state index is 0.119. The third-order valence-corrected chi connectivity index (χ3v) is 5.04. The summed E-state index contributed by atoms with van der Waals surface area (Å²) < 4.78 is 24.3. The first-order valence-electron chi connectivity index (χ1n) is 7.22. The zero-order chi connectivity index (χ0) is 16.4. The molecule has 2 aromatic heterocycles. The maximum Gasteiger partial charge on any atom is 0.320 e. The molecular formula is C13H18N6O3S. The van der Waals surface area contributed by atoms with Crippen LogP contribution in [0.3, 0.4) is 0 Å². The Labute approximate surface area is 133 Å². The number of sulfonamides is 1. The number of hydrogen-bond acceptors (Lipinski definition) is 5. The van der Waals surface area contributed by atoms with E-state index >= 15 is 0 Å². The number of urea groups is 1. The van der Waals surface area contributed by atoms with Crippen molar-refractivity contribution in [1.82, 2.24) is 24.6 Å². The molecule has 23 heavy (non-hydrogen) atoms. The van der Waals surface area contributed by atoms with Crippen molar-refractivity contribution in [1.29, 1.82) is 0 Å². The number of aromatic nitrogens is 3. The summed E-state index contributed by atoms with van der Waals surface area (Å²) in [5, 5.41) is 5.36. The smallest absolute Gasteiger partial charge is 0.320 e. The SMILES string of the molecule is CS(=O)(=O)N1CCC(CNC(=O)Nc2cnc3[nH]ccc3n2)C1. The van der Waals surface area contributed by atoms with Crippen LogP contribution in [0.5, 0.6) is 0 Å². The minimum Gasteiger partial charge on any atom is -0.345 e. The van der Waals surface area contributed by atoms with E-state index in [1.54, 1.807) is 12.3 Å². The van der Waals surface area contributed by atoms with E-state index in [0.29, 0.717) is 36.6 Å². The lowest BCUT2D eigenvalue weighted by Gasteiger charge is -2.14. The number of carbonyl (C=O) groups is 1. The molecule has 1 atom stereocenters. The van der Waals surface area contributed by atoms with Crippen LogP contribution >= 0.6 is 0 Å². The monoisotopic (exact) mass is 338 g/mol. The maximum absolute atomic E-state index is 11.9. The molecule has 0 aliphatic carbocycles. The molecule has 10 heteroatoms. The van der Waals surface area contributed by atoms with Gasteiger partial charge in [0.1, 0.15) is 5.52 Å². The van der Waals surface area contributed by atoms with Gasteiger partial charge in [0.25, 0.3) is 0 Å². The van der Waals surface area contributed by atoms with E-state index in [1.807, 2.05) is 0 Å². The first kappa shape index (κ1) is 15.7. The minimum atomic E-state index is -3.15. The molecule has 1 fully saturated rings.